The van der Waals surface area contributed by atoms with E-state index in [2.05, 4.69) is 5.32 Å². The van der Waals surface area contributed by atoms with E-state index < -0.39 is 21.6 Å². The Balaban J connectivity index is 2.19. The van der Waals surface area contributed by atoms with Crippen LogP contribution in [0.4, 0.5) is 5.69 Å². The molecule has 0 aliphatic carbocycles. The molecule has 0 aliphatic rings. The fourth-order valence-electron chi connectivity index (χ4n) is 3.75. The number of amides is 2. The second kappa shape index (κ2) is 12.0. The van der Waals surface area contributed by atoms with E-state index in [-0.39, 0.29) is 24.8 Å². The lowest BCUT2D eigenvalue weighted by Gasteiger charge is -2.33. The van der Waals surface area contributed by atoms with Crippen molar-refractivity contribution in [1.29, 1.82) is 0 Å². The van der Waals surface area contributed by atoms with E-state index in [9.17, 15) is 18.0 Å². The van der Waals surface area contributed by atoms with Crippen molar-refractivity contribution in [2.45, 2.75) is 65.1 Å². The molecular weight excluding hydrogens is 450 g/mol. The van der Waals surface area contributed by atoms with Gasteiger partial charge in [0.2, 0.25) is 21.8 Å². The third-order valence-electron chi connectivity index (χ3n) is 5.28. The molecular formula is C26H37N3O4S. The van der Waals surface area contributed by atoms with Crippen molar-refractivity contribution in [3.63, 3.8) is 0 Å². The van der Waals surface area contributed by atoms with Gasteiger partial charge in [-0.15, -0.1) is 0 Å². The SMILES string of the molecule is CC[C@H](C(=O)NC(C)(C)C)N(Cc1ccccc1)C(=O)CCCN(c1ccccc1)S(C)(=O)=O. The number of para-hydroxylation sites is 1. The van der Waals surface area contributed by atoms with E-state index >= 15 is 0 Å². The number of sulfonamides is 1. The topological polar surface area (TPSA) is 86.8 Å². The molecule has 7 nitrogen and oxygen atoms in total. The second-order valence-corrected chi connectivity index (χ2v) is 11.4. The Morgan fingerprint density at radius 3 is 2.03 bits per heavy atom. The van der Waals surface area contributed by atoms with Crippen LogP contribution in [0, 0.1) is 0 Å². The van der Waals surface area contributed by atoms with Gasteiger partial charge in [-0.3, -0.25) is 13.9 Å². The summed E-state index contributed by atoms with van der Waals surface area (Å²) >= 11 is 0. The van der Waals surface area contributed by atoms with Crippen LogP contribution in [-0.2, 0) is 26.2 Å². The molecule has 0 unspecified atom stereocenters. The van der Waals surface area contributed by atoms with Crippen LogP contribution < -0.4 is 9.62 Å². The van der Waals surface area contributed by atoms with Gasteiger partial charge in [0, 0.05) is 25.0 Å². The van der Waals surface area contributed by atoms with Crippen molar-refractivity contribution in [2.75, 3.05) is 17.1 Å². The predicted molar refractivity (Wildman–Crippen MR) is 137 cm³/mol. The third kappa shape index (κ3) is 8.48. The van der Waals surface area contributed by atoms with Crippen molar-refractivity contribution in [2.24, 2.45) is 0 Å². The number of carbonyl (C=O) groups excluding carboxylic acids is 2. The number of carbonyl (C=O) groups is 2. The number of hydrogen-bond acceptors (Lipinski definition) is 4. The smallest absolute Gasteiger partial charge is 0.243 e. The zero-order valence-electron chi connectivity index (χ0n) is 20.8. The summed E-state index contributed by atoms with van der Waals surface area (Å²) in [4.78, 5) is 28.0. The molecule has 0 spiro atoms. The van der Waals surface area contributed by atoms with Crippen LogP contribution >= 0.6 is 0 Å². The van der Waals surface area contributed by atoms with Crippen LogP contribution in [0.5, 0.6) is 0 Å². The third-order valence-corrected chi connectivity index (χ3v) is 6.47. The molecule has 1 atom stereocenters. The Morgan fingerprint density at radius 1 is 0.971 bits per heavy atom. The maximum absolute atomic E-state index is 13.4. The molecule has 0 radical (unpaired) electrons. The molecule has 0 saturated heterocycles. The van der Waals surface area contributed by atoms with Gasteiger partial charge < -0.3 is 10.2 Å². The molecule has 0 aromatic heterocycles. The summed E-state index contributed by atoms with van der Waals surface area (Å²) in [5.74, 6) is -0.373. The molecule has 2 aromatic rings. The molecule has 8 heteroatoms. The molecule has 2 rings (SSSR count). The highest BCUT2D eigenvalue weighted by Gasteiger charge is 2.30. The van der Waals surface area contributed by atoms with Crippen molar-refractivity contribution < 1.29 is 18.0 Å². The summed E-state index contributed by atoms with van der Waals surface area (Å²) in [5.41, 5.74) is 1.08. The largest absolute Gasteiger partial charge is 0.350 e. The van der Waals surface area contributed by atoms with E-state index in [1.807, 2.05) is 64.1 Å². The lowest BCUT2D eigenvalue weighted by atomic mass is 10.0. The molecule has 186 valence electrons. The number of rotatable bonds is 11. The summed E-state index contributed by atoms with van der Waals surface area (Å²) in [6.45, 7) is 8.10. The summed E-state index contributed by atoms with van der Waals surface area (Å²) in [7, 11) is -3.50. The number of anilines is 1. The lowest BCUT2D eigenvalue weighted by Crippen LogP contribution is -2.53. The van der Waals surface area contributed by atoms with Gasteiger partial charge in [0.1, 0.15) is 6.04 Å². The van der Waals surface area contributed by atoms with E-state index in [0.29, 0.717) is 25.1 Å². The summed E-state index contributed by atoms with van der Waals surface area (Å²) in [6.07, 6.45) is 2.10. The molecule has 34 heavy (non-hydrogen) atoms. The van der Waals surface area contributed by atoms with Crippen molar-refractivity contribution in [3.05, 3.63) is 66.2 Å². The van der Waals surface area contributed by atoms with Crippen molar-refractivity contribution in [1.82, 2.24) is 10.2 Å². The van der Waals surface area contributed by atoms with E-state index in [1.165, 1.54) is 4.31 Å². The first-order valence-electron chi connectivity index (χ1n) is 11.6. The average molecular weight is 488 g/mol. The van der Waals surface area contributed by atoms with E-state index in [0.717, 1.165) is 11.8 Å². The zero-order chi connectivity index (χ0) is 25.4. The quantitative estimate of drug-likeness (QED) is 0.520. The van der Waals surface area contributed by atoms with Crippen molar-refractivity contribution >= 4 is 27.5 Å². The Bertz CT molecular complexity index is 1030. The van der Waals surface area contributed by atoms with Gasteiger partial charge in [-0.2, -0.15) is 0 Å². The fourth-order valence-corrected chi connectivity index (χ4v) is 4.72. The van der Waals surface area contributed by atoms with Gasteiger partial charge in [-0.1, -0.05) is 55.5 Å². The highest BCUT2D eigenvalue weighted by atomic mass is 32.2. The van der Waals surface area contributed by atoms with Crippen LogP contribution in [0.25, 0.3) is 0 Å². The number of benzene rings is 2. The van der Waals surface area contributed by atoms with Crippen LogP contribution in [0.1, 0.15) is 52.5 Å². The van der Waals surface area contributed by atoms with E-state index in [1.54, 1.807) is 29.2 Å². The Kier molecular flexibility index (Phi) is 9.67. The summed E-state index contributed by atoms with van der Waals surface area (Å²) < 4.78 is 26.0. The molecule has 1 N–H and O–H groups in total. The number of nitrogens with one attached hydrogen (secondary N) is 1. The second-order valence-electron chi connectivity index (χ2n) is 9.44. The molecule has 0 bridgehead atoms. The van der Waals surface area contributed by atoms with Crippen LogP contribution in [0.3, 0.4) is 0 Å². The standard InChI is InChI=1S/C26H37N3O4S/c1-6-23(25(31)27-26(2,3)4)28(20-21-14-9-7-10-15-21)24(30)18-13-19-29(34(5,32)33)22-16-11-8-12-17-22/h7-12,14-17,23H,6,13,18-20H2,1-5H3,(H,27,31)/t23-/m1/s1. The first-order chi connectivity index (χ1) is 15.9. The highest BCUT2D eigenvalue weighted by Crippen LogP contribution is 2.19. The first-order valence-corrected chi connectivity index (χ1v) is 13.5. The van der Waals surface area contributed by atoms with E-state index in [4.69, 9.17) is 0 Å². The van der Waals surface area contributed by atoms with Gasteiger partial charge in [-0.25, -0.2) is 8.42 Å². The molecule has 0 heterocycles. The maximum atomic E-state index is 13.4. The Hall–Kier alpha value is -2.87. The van der Waals surface area contributed by atoms with Crippen molar-refractivity contribution in [3.8, 4) is 0 Å². The zero-order valence-corrected chi connectivity index (χ0v) is 21.6. The minimum absolute atomic E-state index is 0.130. The van der Waals surface area contributed by atoms with Gasteiger partial charge in [-0.05, 0) is 51.3 Å². The van der Waals surface area contributed by atoms with Gasteiger partial charge in [0.05, 0.1) is 11.9 Å². The predicted octanol–water partition coefficient (Wildman–Crippen LogP) is 3.95. The Morgan fingerprint density at radius 2 is 1.53 bits per heavy atom. The summed E-state index contributed by atoms with van der Waals surface area (Å²) in [6, 6.07) is 17.8. The molecule has 2 aromatic carbocycles. The molecule has 0 saturated carbocycles. The molecule has 0 fully saturated rings. The minimum atomic E-state index is -3.50. The number of nitrogens with zero attached hydrogens (tertiary/aromatic N) is 2. The van der Waals surface area contributed by atoms with Gasteiger partial charge in [0.15, 0.2) is 0 Å². The number of hydrogen-bond donors (Lipinski definition) is 1. The Labute approximate surface area is 204 Å². The lowest BCUT2D eigenvalue weighted by molar-refractivity contribution is -0.142. The van der Waals surface area contributed by atoms with Crippen LogP contribution in [0.2, 0.25) is 0 Å². The summed E-state index contributed by atoms with van der Waals surface area (Å²) in [5, 5.41) is 2.99. The average Bonchev–Trinajstić information content (AvgIpc) is 2.75. The first kappa shape index (κ1) is 27.4. The monoisotopic (exact) mass is 487 g/mol. The normalized spacial score (nSPS) is 12.6. The van der Waals surface area contributed by atoms with Crippen LogP contribution in [0.15, 0.2) is 60.7 Å². The minimum Gasteiger partial charge on any atom is -0.350 e. The highest BCUT2D eigenvalue weighted by molar-refractivity contribution is 7.92. The fraction of sp³-hybridized carbons (Fsp3) is 0.462. The van der Waals surface area contributed by atoms with Crippen LogP contribution in [-0.4, -0.2) is 49.5 Å². The maximum Gasteiger partial charge on any atom is 0.243 e. The molecule has 0 aliphatic heterocycles. The molecule has 2 amide bonds. The van der Waals surface area contributed by atoms with Gasteiger partial charge >= 0.3 is 0 Å². The van der Waals surface area contributed by atoms with Gasteiger partial charge in [0.25, 0.3) is 0 Å².